The predicted molar refractivity (Wildman–Crippen MR) is 57.8 cm³/mol. The first kappa shape index (κ1) is 10.0. The molecule has 0 aromatic carbocycles. The van der Waals surface area contributed by atoms with Gasteiger partial charge >= 0.3 is 0 Å². The lowest BCUT2D eigenvalue weighted by molar-refractivity contribution is 0.0759. The number of rotatable bonds is 4. The molecule has 14 heavy (non-hydrogen) atoms. The molecule has 0 N–H and O–H groups in total. The van der Waals surface area contributed by atoms with Crippen molar-refractivity contribution in [3.63, 3.8) is 0 Å². The predicted octanol–water partition coefficient (Wildman–Crippen LogP) is 1.54. The summed E-state index contributed by atoms with van der Waals surface area (Å²) >= 11 is 4.52. The fraction of sp³-hybridized carbons (Fsp3) is 0.625. The van der Waals surface area contributed by atoms with Gasteiger partial charge in [-0.2, -0.15) is 0 Å². The monoisotopic (exact) mass is 275 g/mol. The van der Waals surface area contributed by atoms with E-state index in [2.05, 4.69) is 25.5 Å². The van der Waals surface area contributed by atoms with Crippen molar-refractivity contribution in [2.75, 3.05) is 11.9 Å². The minimum absolute atomic E-state index is 0.0713. The molecule has 0 unspecified atom stereocenters. The number of nitrogens with zero attached hydrogens (tertiary/aromatic N) is 3. The number of halogens is 1. The van der Waals surface area contributed by atoms with E-state index in [0.717, 1.165) is 36.2 Å². The number of hydrogen-bond acceptors (Lipinski definition) is 4. The highest BCUT2D eigenvalue weighted by molar-refractivity contribution is 9.09. The third-order valence-electron chi connectivity index (χ3n) is 2.15. The number of hydrogen-bond donors (Lipinski definition) is 0. The van der Waals surface area contributed by atoms with Gasteiger partial charge in [0, 0.05) is 17.9 Å². The summed E-state index contributed by atoms with van der Waals surface area (Å²) in [4.78, 5) is 14.5. The van der Waals surface area contributed by atoms with Crippen molar-refractivity contribution in [2.45, 2.75) is 18.9 Å². The SMILES string of the molecule is O=C(c1cnns1)N(CCBr)C1CC1. The molecule has 1 aromatic rings. The molecule has 1 aromatic heterocycles. The number of aromatic nitrogens is 2. The van der Waals surface area contributed by atoms with Crippen LogP contribution in [-0.4, -0.2) is 38.3 Å². The second kappa shape index (κ2) is 4.35. The van der Waals surface area contributed by atoms with Gasteiger partial charge in [-0.15, -0.1) is 5.10 Å². The van der Waals surface area contributed by atoms with Gasteiger partial charge in [-0.25, -0.2) is 0 Å². The second-order valence-corrected chi connectivity index (χ2v) is 4.78. The molecule has 1 heterocycles. The van der Waals surface area contributed by atoms with Crippen LogP contribution in [0.3, 0.4) is 0 Å². The van der Waals surface area contributed by atoms with Gasteiger partial charge in [-0.1, -0.05) is 20.4 Å². The molecule has 0 atom stereocenters. The largest absolute Gasteiger partial charge is 0.334 e. The number of alkyl halides is 1. The lowest BCUT2D eigenvalue weighted by atomic mass is 10.4. The average molecular weight is 276 g/mol. The first-order chi connectivity index (χ1) is 6.83. The van der Waals surface area contributed by atoms with Crippen LogP contribution in [0.2, 0.25) is 0 Å². The minimum atomic E-state index is 0.0713. The fourth-order valence-electron chi connectivity index (χ4n) is 1.33. The summed E-state index contributed by atoms with van der Waals surface area (Å²) in [6.45, 7) is 0.765. The Morgan fingerprint density at radius 3 is 3.00 bits per heavy atom. The van der Waals surface area contributed by atoms with Crippen LogP contribution in [-0.2, 0) is 0 Å². The van der Waals surface area contributed by atoms with E-state index < -0.39 is 0 Å². The molecule has 76 valence electrons. The van der Waals surface area contributed by atoms with Gasteiger partial charge in [0.1, 0.15) is 4.88 Å². The Kier molecular flexibility index (Phi) is 3.12. The third kappa shape index (κ3) is 2.12. The van der Waals surface area contributed by atoms with Crippen LogP contribution in [0.5, 0.6) is 0 Å². The Labute approximate surface area is 94.6 Å². The van der Waals surface area contributed by atoms with Gasteiger partial charge < -0.3 is 4.90 Å². The molecule has 0 bridgehead atoms. The van der Waals surface area contributed by atoms with Gasteiger partial charge in [-0.3, -0.25) is 4.79 Å². The van der Waals surface area contributed by atoms with Crippen molar-refractivity contribution in [3.05, 3.63) is 11.1 Å². The molecule has 1 aliphatic rings. The van der Waals surface area contributed by atoms with Crippen molar-refractivity contribution < 1.29 is 4.79 Å². The number of amides is 1. The average Bonchev–Trinajstić information content (AvgIpc) is 2.88. The van der Waals surface area contributed by atoms with Crippen LogP contribution in [0.15, 0.2) is 6.20 Å². The molecule has 6 heteroatoms. The van der Waals surface area contributed by atoms with Crippen molar-refractivity contribution in [3.8, 4) is 0 Å². The molecular formula is C8H10BrN3OS. The molecule has 0 aliphatic heterocycles. The molecule has 1 saturated carbocycles. The Morgan fingerprint density at radius 1 is 1.71 bits per heavy atom. The van der Waals surface area contributed by atoms with Gasteiger partial charge in [0.15, 0.2) is 0 Å². The van der Waals surface area contributed by atoms with Crippen LogP contribution in [0.1, 0.15) is 22.5 Å². The van der Waals surface area contributed by atoms with E-state index in [0.29, 0.717) is 10.9 Å². The standard InChI is InChI=1S/C8H10BrN3OS/c9-3-4-12(6-1-2-6)8(13)7-5-10-11-14-7/h5-6H,1-4H2. The van der Waals surface area contributed by atoms with Crippen LogP contribution in [0, 0.1) is 0 Å². The summed E-state index contributed by atoms with van der Waals surface area (Å²) in [7, 11) is 0. The van der Waals surface area contributed by atoms with E-state index in [1.54, 1.807) is 0 Å². The molecule has 0 spiro atoms. The van der Waals surface area contributed by atoms with Crippen LogP contribution in [0.25, 0.3) is 0 Å². The topological polar surface area (TPSA) is 46.1 Å². The summed E-state index contributed by atoms with van der Waals surface area (Å²) < 4.78 is 3.70. The summed E-state index contributed by atoms with van der Waals surface area (Å²) in [6.07, 6.45) is 3.80. The Hall–Kier alpha value is -0.490. The second-order valence-electron chi connectivity index (χ2n) is 3.20. The summed E-state index contributed by atoms with van der Waals surface area (Å²) in [6, 6.07) is 0.446. The van der Waals surface area contributed by atoms with Gasteiger partial charge in [0.25, 0.3) is 5.91 Å². The lowest BCUT2D eigenvalue weighted by Gasteiger charge is -2.19. The van der Waals surface area contributed by atoms with Gasteiger partial charge in [0.2, 0.25) is 0 Å². The first-order valence-electron chi connectivity index (χ1n) is 4.47. The highest BCUT2D eigenvalue weighted by atomic mass is 79.9. The minimum Gasteiger partial charge on any atom is -0.334 e. The molecule has 4 nitrogen and oxygen atoms in total. The maximum Gasteiger partial charge on any atom is 0.267 e. The summed E-state index contributed by atoms with van der Waals surface area (Å²) in [5, 5.41) is 4.50. The van der Waals surface area contributed by atoms with Crippen molar-refractivity contribution >= 4 is 33.4 Å². The zero-order valence-corrected chi connectivity index (χ0v) is 9.92. The maximum absolute atomic E-state index is 11.9. The normalized spacial score (nSPS) is 15.5. The van der Waals surface area contributed by atoms with Crippen molar-refractivity contribution in [2.24, 2.45) is 0 Å². The Morgan fingerprint density at radius 2 is 2.50 bits per heavy atom. The maximum atomic E-state index is 11.9. The van der Waals surface area contributed by atoms with E-state index in [-0.39, 0.29) is 5.91 Å². The molecule has 0 saturated heterocycles. The molecular weight excluding hydrogens is 266 g/mol. The number of carbonyl (C=O) groups excluding carboxylic acids is 1. The van der Waals surface area contributed by atoms with Crippen molar-refractivity contribution in [1.82, 2.24) is 14.5 Å². The number of carbonyl (C=O) groups is 1. The van der Waals surface area contributed by atoms with Gasteiger partial charge in [-0.05, 0) is 24.4 Å². The van der Waals surface area contributed by atoms with Crippen LogP contribution < -0.4 is 0 Å². The first-order valence-corrected chi connectivity index (χ1v) is 6.36. The summed E-state index contributed by atoms with van der Waals surface area (Å²) in [5.41, 5.74) is 0. The quantitative estimate of drug-likeness (QED) is 0.784. The van der Waals surface area contributed by atoms with E-state index in [9.17, 15) is 4.79 Å². The molecule has 1 aliphatic carbocycles. The summed E-state index contributed by atoms with van der Waals surface area (Å²) in [5.74, 6) is 0.0713. The van der Waals surface area contributed by atoms with E-state index in [1.165, 1.54) is 6.20 Å². The van der Waals surface area contributed by atoms with E-state index in [1.807, 2.05) is 4.90 Å². The highest BCUT2D eigenvalue weighted by Crippen LogP contribution is 2.28. The van der Waals surface area contributed by atoms with E-state index >= 15 is 0 Å². The van der Waals surface area contributed by atoms with E-state index in [4.69, 9.17) is 0 Å². The molecule has 0 radical (unpaired) electrons. The Balaban J connectivity index is 2.07. The molecule has 1 amide bonds. The lowest BCUT2D eigenvalue weighted by Crippen LogP contribution is -2.34. The third-order valence-corrected chi connectivity index (χ3v) is 3.15. The Bertz CT molecular complexity index is 312. The molecule has 2 rings (SSSR count). The zero-order valence-electron chi connectivity index (χ0n) is 7.52. The van der Waals surface area contributed by atoms with Gasteiger partial charge in [0.05, 0.1) is 6.20 Å². The van der Waals surface area contributed by atoms with Crippen molar-refractivity contribution in [1.29, 1.82) is 0 Å². The molecule has 1 fully saturated rings. The van der Waals surface area contributed by atoms with Crippen LogP contribution in [0.4, 0.5) is 0 Å². The van der Waals surface area contributed by atoms with Crippen LogP contribution >= 0.6 is 27.5 Å². The zero-order chi connectivity index (χ0) is 9.97. The smallest absolute Gasteiger partial charge is 0.267 e. The highest BCUT2D eigenvalue weighted by Gasteiger charge is 2.33. The fourth-order valence-corrected chi connectivity index (χ4v) is 2.18.